The standard InChI is InChI=1S/C14H24N2O/c1-3-4-5-6-7-8-11-15-14-13(17-2)10-9-12-16-14/h9-10,12H,3-8,11H2,1-2H3,(H,15,16). The SMILES string of the molecule is CCCCCCCCNc1ncccc1OC. The van der Waals surface area contributed by atoms with E-state index in [1.807, 2.05) is 12.1 Å². The van der Waals surface area contributed by atoms with Crippen molar-refractivity contribution in [2.75, 3.05) is 19.0 Å². The fourth-order valence-electron chi connectivity index (χ4n) is 1.80. The van der Waals surface area contributed by atoms with Gasteiger partial charge in [0.05, 0.1) is 7.11 Å². The zero-order valence-electron chi connectivity index (χ0n) is 11.0. The molecule has 0 aliphatic heterocycles. The minimum absolute atomic E-state index is 0.818. The number of nitrogens with zero attached hydrogens (tertiary/aromatic N) is 1. The molecule has 0 atom stereocenters. The van der Waals surface area contributed by atoms with E-state index in [0.29, 0.717) is 0 Å². The third-order valence-electron chi connectivity index (χ3n) is 2.81. The van der Waals surface area contributed by atoms with Gasteiger partial charge >= 0.3 is 0 Å². The summed E-state index contributed by atoms with van der Waals surface area (Å²) in [5, 5.41) is 3.32. The molecule has 0 bridgehead atoms. The van der Waals surface area contributed by atoms with Crippen LogP contribution < -0.4 is 10.1 Å². The molecule has 0 saturated heterocycles. The molecular formula is C14H24N2O. The molecule has 1 rings (SSSR count). The van der Waals surface area contributed by atoms with Crippen LogP contribution >= 0.6 is 0 Å². The Hall–Kier alpha value is -1.25. The van der Waals surface area contributed by atoms with E-state index in [-0.39, 0.29) is 0 Å². The van der Waals surface area contributed by atoms with Gasteiger partial charge in [-0.3, -0.25) is 0 Å². The molecule has 3 heteroatoms. The molecule has 0 spiro atoms. The van der Waals surface area contributed by atoms with Crippen molar-refractivity contribution in [3.63, 3.8) is 0 Å². The predicted octanol–water partition coefficient (Wildman–Crippen LogP) is 3.86. The molecular weight excluding hydrogens is 212 g/mol. The summed E-state index contributed by atoms with van der Waals surface area (Å²) in [6.07, 6.45) is 9.65. The summed E-state index contributed by atoms with van der Waals surface area (Å²) in [6, 6.07) is 3.81. The lowest BCUT2D eigenvalue weighted by molar-refractivity contribution is 0.414. The molecule has 0 saturated carbocycles. The maximum absolute atomic E-state index is 5.23. The predicted molar refractivity (Wildman–Crippen MR) is 72.7 cm³/mol. The fraction of sp³-hybridized carbons (Fsp3) is 0.643. The minimum Gasteiger partial charge on any atom is -0.493 e. The van der Waals surface area contributed by atoms with E-state index >= 15 is 0 Å². The van der Waals surface area contributed by atoms with E-state index in [0.717, 1.165) is 18.1 Å². The quantitative estimate of drug-likeness (QED) is 0.661. The first-order chi connectivity index (χ1) is 8.38. The maximum atomic E-state index is 5.23. The summed E-state index contributed by atoms with van der Waals surface area (Å²) in [4.78, 5) is 4.26. The molecule has 0 amide bonds. The molecule has 0 unspecified atom stereocenters. The van der Waals surface area contributed by atoms with Gasteiger partial charge in [-0.2, -0.15) is 0 Å². The van der Waals surface area contributed by atoms with Crippen LogP contribution in [0.3, 0.4) is 0 Å². The number of nitrogens with one attached hydrogen (secondary N) is 1. The zero-order chi connectivity index (χ0) is 12.3. The molecule has 0 radical (unpaired) electrons. The summed E-state index contributed by atoms with van der Waals surface area (Å²) in [6.45, 7) is 3.22. The topological polar surface area (TPSA) is 34.2 Å². The van der Waals surface area contributed by atoms with Crippen LogP contribution in [0, 0.1) is 0 Å². The van der Waals surface area contributed by atoms with E-state index in [9.17, 15) is 0 Å². The van der Waals surface area contributed by atoms with E-state index in [1.54, 1.807) is 13.3 Å². The van der Waals surface area contributed by atoms with Gasteiger partial charge in [0.25, 0.3) is 0 Å². The number of rotatable bonds is 9. The lowest BCUT2D eigenvalue weighted by Crippen LogP contribution is -2.04. The van der Waals surface area contributed by atoms with Crippen molar-refractivity contribution in [2.24, 2.45) is 0 Å². The first kappa shape index (κ1) is 13.8. The number of pyridine rings is 1. The Labute approximate surface area is 105 Å². The van der Waals surface area contributed by atoms with Crippen LogP contribution in [0.4, 0.5) is 5.82 Å². The number of hydrogen-bond donors (Lipinski definition) is 1. The summed E-state index contributed by atoms with van der Waals surface area (Å²) in [7, 11) is 1.67. The normalized spacial score (nSPS) is 10.2. The van der Waals surface area contributed by atoms with E-state index in [2.05, 4.69) is 17.2 Å². The third kappa shape index (κ3) is 5.57. The first-order valence-electron chi connectivity index (χ1n) is 6.61. The van der Waals surface area contributed by atoms with Gasteiger partial charge in [0, 0.05) is 12.7 Å². The number of hydrogen-bond acceptors (Lipinski definition) is 3. The monoisotopic (exact) mass is 236 g/mol. The second-order valence-electron chi connectivity index (χ2n) is 4.25. The van der Waals surface area contributed by atoms with Gasteiger partial charge in [-0.25, -0.2) is 4.98 Å². The number of aromatic nitrogens is 1. The molecule has 0 aliphatic rings. The fourth-order valence-corrected chi connectivity index (χ4v) is 1.80. The Balaban J connectivity index is 2.13. The molecule has 96 valence electrons. The number of unbranched alkanes of at least 4 members (excludes halogenated alkanes) is 5. The molecule has 0 fully saturated rings. The maximum Gasteiger partial charge on any atom is 0.168 e. The lowest BCUT2D eigenvalue weighted by atomic mass is 10.1. The first-order valence-corrected chi connectivity index (χ1v) is 6.61. The largest absolute Gasteiger partial charge is 0.493 e. The van der Waals surface area contributed by atoms with Crippen molar-refractivity contribution in [3.8, 4) is 5.75 Å². The van der Waals surface area contributed by atoms with Crippen LogP contribution in [0.25, 0.3) is 0 Å². The van der Waals surface area contributed by atoms with E-state index in [1.165, 1.54) is 38.5 Å². The molecule has 0 aliphatic carbocycles. The zero-order valence-corrected chi connectivity index (χ0v) is 11.0. The van der Waals surface area contributed by atoms with E-state index < -0.39 is 0 Å². The van der Waals surface area contributed by atoms with E-state index in [4.69, 9.17) is 4.74 Å². The second-order valence-corrected chi connectivity index (χ2v) is 4.25. The average molecular weight is 236 g/mol. The van der Waals surface area contributed by atoms with Crippen LogP contribution in [0.5, 0.6) is 5.75 Å². The third-order valence-corrected chi connectivity index (χ3v) is 2.81. The van der Waals surface area contributed by atoms with Crippen LogP contribution in [-0.4, -0.2) is 18.6 Å². The highest BCUT2D eigenvalue weighted by Gasteiger charge is 2.01. The van der Waals surface area contributed by atoms with Gasteiger partial charge in [0.2, 0.25) is 0 Å². The lowest BCUT2D eigenvalue weighted by Gasteiger charge is -2.09. The van der Waals surface area contributed by atoms with Gasteiger partial charge in [-0.05, 0) is 18.6 Å². The van der Waals surface area contributed by atoms with Crippen molar-refractivity contribution >= 4 is 5.82 Å². The summed E-state index contributed by atoms with van der Waals surface area (Å²) < 4.78 is 5.23. The molecule has 3 nitrogen and oxygen atoms in total. The highest BCUT2D eigenvalue weighted by molar-refractivity contribution is 5.49. The van der Waals surface area contributed by atoms with Crippen molar-refractivity contribution in [2.45, 2.75) is 45.4 Å². The number of anilines is 1. The van der Waals surface area contributed by atoms with Gasteiger partial charge in [-0.15, -0.1) is 0 Å². The highest BCUT2D eigenvalue weighted by Crippen LogP contribution is 2.19. The Kier molecular flexibility index (Phi) is 7.19. The molecule has 17 heavy (non-hydrogen) atoms. The molecule has 1 aromatic rings. The molecule has 0 aromatic carbocycles. The molecule has 1 N–H and O–H groups in total. The smallest absolute Gasteiger partial charge is 0.168 e. The second kappa shape index (κ2) is 8.85. The highest BCUT2D eigenvalue weighted by atomic mass is 16.5. The average Bonchev–Trinajstić information content (AvgIpc) is 2.38. The molecule has 1 heterocycles. The summed E-state index contributed by atoms with van der Waals surface area (Å²) in [5.41, 5.74) is 0. The van der Waals surface area contributed by atoms with Crippen molar-refractivity contribution in [3.05, 3.63) is 18.3 Å². The van der Waals surface area contributed by atoms with Crippen LogP contribution in [-0.2, 0) is 0 Å². The van der Waals surface area contributed by atoms with Gasteiger partial charge in [-0.1, -0.05) is 39.0 Å². The van der Waals surface area contributed by atoms with Crippen molar-refractivity contribution in [1.82, 2.24) is 4.98 Å². The minimum atomic E-state index is 0.818. The number of methoxy groups -OCH3 is 1. The number of ether oxygens (including phenoxy) is 1. The van der Waals surface area contributed by atoms with Crippen molar-refractivity contribution < 1.29 is 4.74 Å². The van der Waals surface area contributed by atoms with Crippen LogP contribution in [0.2, 0.25) is 0 Å². The van der Waals surface area contributed by atoms with Gasteiger partial charge in [0.15, 0.2) is 11.6 Å². The van der Waals surface area contributed by atoms with Crippen LogP contribution in [0.1, 0.15) is 45.4 Å². The van der Waals surface area contributed by atoms with Gasteiger partial charge in [0.1, 0.15) is 0 Å². The Morgan fingerprint density at radius 3 is 2.71 bits per heavy atom. The Morgan fingerprint density at radius 1 is 1.18 bits per heavy atom. The molecule has 1 aromatic heterocycles. The van der Waals surface area contributed by atoms with Crippen LogP contribution in [0.15, 0.2) is 18.3 Å². The van der Waals surface area contributed by atoms with Gasteiger partial charge < -0.3 is 10.1 Å². The van der Waals surface area contributed by atoms with Crippen molar-refractivity contribution in [1.29, 1.82) is 0 Å². The Morgan fingerprint density at radius 2 is 1.94 bits per heavy atom. The summed E-state index contributed by atoms with van der Waals surface area (Å²) >= 11 is 0. The summed E-state index contributed by atoms with van der Waals surface area (Å²) in [5.74, 6) is 1.67. The Bertz CT molecular complexity index is 302.